The molecule has 3 aliphatic carbocycles. The average Bonchev–Trinajstić information content (AvgIpc) is 3.48. The molecule has 0 aromatic carbocycles. The van der Waals surface area contributed by atoms with Crippen molar-refractivity contribution in [1.29, 1.82) is 0 Å². The fourth-order valence-corrected chi connectivity index (χ4v) is 4.12. The smallest absolute Gasteiger partial charge is 0.140 e. The molecule has 2 saturated carbocycles. The van der Waals surface area contributed by atoms with Gasteiger partial charge in [-0.1, -0.05) is 12.1 Å². The Kier molecular flexibility index (Phi) is 3.55. The van der Waals surface area contributed by atoms with E-state index in [1.54, 1.807) is 0 Å². The summed E-state index contributed by atoms with van der Waals surface area (Å²) in [6.07, 6.45) is 8.59. The molecule has 0 saturated heterocycles. The van der Waals surface area contributed by atoms with Crippen LogP contribution < -0.4 is 0 Å². The Bertz CT molecular complexity index is 728. The molecule has 0 radical (unpaired) electrons. The Hall–Kier alpha value is -1.55. The molecular formula is C20H26N2O2. The van der Waals surface area contributed by atoms with Gasteiger partial charge >= 0.3 is 0 Å². The normalized spacial score (nSPS) is 25.9. The van der Waals surface area contributed by atoms with Crippen LogP contribution in [0, 0.1) is 5.92 Å². The minimum Gasteiger partial charge on any atom is -0.464 e. The van der Waals surface area contributed by atoms with Gasteiger partial charge in [0.1, 0.15) is 23.0 Å². The van der Waals surface area contributed by atoms with Gasteiger partial charge in [0.2, 0.25) is 0 Å². The second-order valence-electron chi connectivity index (χ2n) is 8.00. The van der Waals surface area contributed by atoms with E-state index >= 15 is 0 Å². The van der Waals surface area contributed by atoms with Crippen LogP contribution in [0.5, 0.6) is 0 Å². The summed E-state index contributed by atoms with van der Waals surface area (Å²) in [6, 6.07) is 5.05. The van der Waals surface area contributed by atoms with E-state index in [1.165, 1.54) is 49.1 Å². The van der Waals surface area contributed by atoms with Gasteiger partial charge in [-0.2, -0.15) is 0 Å². The Morgan fingerprint density at radius 3 is 2.79 bits per heavy atom. The first kappa shape index (κ1) is 14.8. The zero-order valence-corrected chi connectivity index (χ0v) is 14.5. The fourth-order valence-electron chi connectivity index (χ4n) is 4.12. The summed E-state index contributed by atoms with van der Waals surface area (Å²) in [6.45, 7) is 4.10. The van der Waals surface area contributed by atoms with Gasteiger partial charge in [-0.25, -0.2) is 0 Å². The van der Waals surface area contributed by atoms with Gasteiger partial charge in [-0.3, -0.25) is 4.90 Å². The minimum atomic E-state index is 0.663. The lowest BCUT2D eigenvalue weighted by molar-refractivity contribution is 0.216. The zero-order valence-electron chi connectivity index (χ0n) is 14.5. The standard InChI is InChI=1S/C20H26N2O2/c1-13-10-17(13)19-9-8-15(23-19)11-22(14-6-7-14)12-18-16-4-2-3-5-20(16)24-21-18/h8-9,13-14,17H,2-7,10-12H2,1H3. The van der Waals surface area contributed by atoms with E-state index in [0.29, 0.717) is 12.0 Å². The number of aryl methyl sites for hydroxylation is 1. The summed E-state index contributed by atoms with van der Waals surface area (Å²) in [5.41, 5.74) is 2.55. The molecule has 2 unspecified atom stereocenters. The number of aromatic nitrogens is 1. The first-order chi connectivity index (χ1) is 11.8. The van der Waals surface area contributed by atoms with Crippen molar-refractivity contribution in [2.75, 3.05) is 0 Å². The molecule has 128 valence electrons. The topological polar surface area (TPSA) is 42.4 Å². The molecule has 0 amide bonds. The molecule has 24 heavy (non-hydrogen) atoms. The van der Waals surface area contributed by atoms with Crippen LogP contribution in [0.15, 0.2) is 21.1 Å². The third-order valence-corrected chi connectivity index (χ3v) is 5.96. The molecule has 2 aromatic heterocycles. The number of nitrogens with zero attached hydrogens (tertiary/aromatic N) is 2. The summed E-state index contributed by atoms with van der Waals surface area (Å²) in [7, 11) is 0. The molecule has 2 fully saturated rings. The van der Waals surface area contributed by atoms with E-state index in [-0.39, 0.29) is 0 Å². The highest BCUT2D eigenvalue weighted by Gasteiger charge is 2.37. The quantitative estimate of drug-likeness (QED) is 0.787. The van der Waals surface area contributed by atoms with Gasteiger partial charge in [0.25, 0.3) is 0 Å². The summed E-state index contributed by atoms with van der Waals surface area (Å²) in [5, 5.41) is 4.40. The predicted octanol–water partition coefficient (Wildman–Crippen LogP) is 4.43. The first-order valence-corrected chi connectivity index (χ1v) is 9.57. The van der Waals surface area contributed by atoms with Crippen LogP contribution in [0.25, 0.3) is 0 Å². The van der Waals surface area contributed by atoms with Crippen molar-refractivity contribution >= 4 is 0 Å². The van der Waals surface area contributed by atoms with Crippen molar-refractivity contribution in [3.05, 3.63) is 40.7 Å². The number of fused-ring (bicyclic) bond motifs is 1. The summed E-state index contributed by atoms with van der Waals surface area (Å²) < 4.78 is 11.7. The van der Waals surface area contributed by atoms with Crippen molar-refractivity contribution in [2.24, 2.45) is 5.92 Å². The van der Waals surface area contributed by atoms with Crippen LogP contribution >= 0.6 is 0 Å². The molecule has 5 rings (SSSR count). The van der Waals surface area contributed by atoms with E-state index < -0.39 is 0 Å². The molecular weight excluding hydrogens is 300 g/mol. The Labute approximate surface area is 143 Å². The van der Waals surface area contributed by atoms with Gasteiger partial charge in [0, 0.05) is 30.5 Å². The van der Waals surface area contributed by atoms with Crippen molar-refractivity contribution in [1.82, 2.24) is 10.1 Å². The highest BCUT2D eigenvalue weighted by Crippen LogP contribution is 2.47. The number of furan rings is 1. The molecule has 0 aliphatic heterocycles. The molecule has 2 atom stereocenters. The van der Waals surface area contributed by atoms with Gasteiger partial charge in [-0.05, 0) is 56.6 Å². The van der Waals surface area contributed by atoms with E-state index in [2.05, 4.69) is 29.1 Å². The third-order valence-electron chi connectivity index (χ3n) is 5.96. The predicted molar refractivity (Wildman–Crippen MR) is 90.6 cm³/mol. The molecule has 2 heterocycles. The maximum Gasteiger partial charge on any atom is 0.140 e. The lowest BCUT2D eigenvalue weighted by Gasteiger charge is -2.20. The number of hydrogen-bond donors (Lipinski definition) is 0. The lowest BCUT2D eigenvalue weighted by atomic mass is 9.96. The number of rotatable bonds is 6. The summed E-state index contributed by atoms with van der Waals surface area (Å²) in [4.78, 5) is 2.53. The molecule has 0 spiro atoms. The number of hydrogen-bond acceptors (Lipinski definition) is 4. The van der Waals surface area contributed by atoms with E-state index in [1.807, 2.05) is 0 Å². The largest absolute Gasteiger partial charge is 0.464 e. The summed E-state index contributed by atoms with van der Waals surface area (Å²) in [5.74, 6) is 4.89. The highest BCUT2D eigenvalue weighted by atomic mass is 16.5. The highest BCUT2D eigenvalue weighted by molar-refractivity contribution is 5.25. The molecule has 3 aliphatic rings. The Morgan fingerprint density at radius 1 is 1.17 bits per heavy atom. The maximum absolute atomic E-state index is 6.13. The second-order valence-corrected chi connectivity index (χ2v) is 8.00. The minimum absolute atomic E-state index is 0.663. The van der Waals surface area contributed by atoms with Crippen LogP contribution in [0.3, 0.4) is 0 Å². The first-order valence-electron chi connectivity index (χ1n) is 9.57. The maximum atomic E-state index is 6.13. The van der Waals surface area contributed by atoms with Gasteiger partial charge in [-0.15, -0.1) is 0 Å². The van der Waals surface area contributed by atoms with Crippen molar-refractivity contribution in [3.63, 3.8) is 0 Å². The van der Waals surface area contributed by atoms with Gasteiger partial charge < -0.3 is 8.94 Å². The van der Waals surface area contributed by atoms with Gasteiger partial charge in [0.15, 0.2) is 0 Å². The monoisotopic (exact) mass is 326 g/mol. The second kappa shape index (κ2) is 5.76. The summed E-state index contributed by atoms with van der Waals surface area (Å²) >= 11 is 0. The molecule has 4 heteroatoms. The van der Waals surface area contributed by atoms with Crippen molar-refractivity contribution in [3.8, 4) is 0 Å². The molecule has 0 N–H and O–H groups in total. The fraction of sp³-hybridized carbons (Fsp3) is 0.650. The molecule has 4 nitrogen and oxygen atoms in total. The zero-order chi connectivity index (χ0) is 16.1. The Morgan fingerprint density at radius 2 is 2.00 bits per heavy atom. The van der Waals surface area contributed by atoms with Crippen molar-refractivity contribution < 1.29 is 8.94 Å². The van der Waals surface area contributed by atoms with Gasteiger partial charge in [0.05, 0.1) is 6.54 Å². The van der Waals surface area contributed by atoms with E-state index in [9.17, 15) is 0 Å². The van der Waals surface area contributed by atoms with Crippen LogP contribution in [0.4, 0.5) is 0 Å². The third kappa shape index (κ3) is 2.81. The van der Waals surface area contributed by atoms with Crippen LogP contribution in [0.2, 0.25) is 0 Å². The Balaban J connectivity index is 1.30. The van der Waals surface area contributed by atoms with Crippen LogP contribution in [-0.4, -0.2) is 16.1 Å². The SMILES string of the molecule is CC1CC1c1ccc(CN(Cc2noc3c2CCCC3)C2CC2)o1. The lowest BCUT2D eigenvalue weighted by Crippen LogP contribution is -2.25. The van der Waals surface area contributed by atoms with Crippen LogP contribution in [-0.2, 0) is 25.9 Å². The van der Waals surface area contributed by atoms with Crippen molar-refractivity contribution in [2.45, 2.75) is 76.9 Å². The average molecular weight is 326 g/mol. The molecule has 2 aromatic rings. The molecule has 0 bridgehead atoms. The van der Waals surface area contributed by atoms with Crippen LogP contribution in [0.1, 0.15) is 73.5 Å². The van der Waals surface area contributed by atoms with E-state index in [4.69, 9.17) is 8.94 Å². The van der Waals surface area contributed by atoms with E-state index in [0.717, 1.165) is 43.4 Å².